The molecule has 0 aliphatic rings. The van der Waals surface area contributed by atoms with Crippen molar-refractivity contribution in [2.24, 2.45) is 0 Å². The van der Waals surface area contributed by atoms with E-state index in [0.29, 0.717) is 6.61 Å². The first kappa shape index (κ1) is 18.2. The van der Waals surface area contributed by atoms with Crippen LogP contribution >= 0.6 is 0 Å². The summed E-state index contributed by atoms with van der Waals surface area (Å²) in [6, 6.07) is 0. The number of aliphatic hydroxyl groups excluding tert-OH is 1. The van der Waals surface area contributed by atoms with Gasteiger partial charge >= 0.3 is 5.97 Å². The van der Waals surface area contributed by atoms with Crippen molar-refractivity contribution in [3.8, 4) is 0 Å². The average molecular weight is 270 g/mol. The second-order valence-corrected chi connectivity index (χ2v) is 5.92. The molecule has 3 nitrogen and oxygen atoms in total. The lowest BCUT2D eigenvalue weighted by Gasteiger charge is -2.17. The molecule has 0 aromatic carbocycles. The van der Waals surface area contributed by atoms with Crippen LogP contribution in [0.4, 0.5) is 0 Å². The first-order valence-electron chi connectivity index (χ1n) is 7.46. The molecule has 0 atom stereocenters. The maximum Gasteiger partial charge on any atom is 0.330 e. The fraction of sp³-hybridized carbons (Fsp3) is 0.812. The number of ether oxygens (including phenoxy) is 1. The van der Waals surface area contributed by atoms with E-state index < -0.39 is 5.60 Å². The number of carbonyl (C=O) groups is 1. The van der Waals surface area contributed by atoms with Crippen LogP contribution in [0.3, 0.4) is 0 Å². The van der Waals surface area contributed by atoms with Crippen LogP contribution < -0.4 is 0 Å². The molecule has 0 rings (SSSR count). The molecular weight excluding hydrogens is 240 g/mol. The van der Waals surface area contributed by atoms with Crippen molar-refractivity contribution in [2.45, 2.75) is 77.7 Å². The van der Waals surface area contributed by atoms with Crippen molar-refractivity contribution in [2.75, 3.05) is 6.61 Å². The molecule has 0 radical (unpaired) electrons. The van der Waals surface area contributed by atoms with Gasteiger partial charge in [0, 0.05) is 12.7 Å². The highest BCUT2D eigenvalue weighted by Crippen LogP contribution is 2.10. The Bertz CT molecular complexity index is 251. The first-order valence-corrected chi connectivity index (χ1v) is 7.46. The van der Waals surface area contributed by atoms with E-state index in [1.54, 1.807) is 0 Å². The van der Waals surface area contributed by atoms with E-state index in [1.165, 1.54) is 31.8 Å². The molecule has 0 saturated carbocycles. The van der Waals surface area contributed by atoms with Gasteiger partial charge in [-0.2, -0.15) is 0 Å². The van der Waals surface area contributed by atoms with Gasteiger partial charge in [0.25, 0.3) is 0 Å². The molecule has 0 unspecified atom stereocenters. The van der Waals surface area contributed by atoms with Crippen LogP contribution in [0.2, 0.25) is 0 Å². The van der Waals surface area contributed by atoms with E-state index in [0.717, 1.165) is 25.7 Å². The molecule has 0 bridgehead atoms. The second-order valence-electron chi connectivity index (χ2n) is 5.92. The Morgan fingerprint density at radius 3 is 2.05 bits per heavy atom. The van der Waals surface area contributed by atoms with E-state index in [-0.39, 0.29) is 5.97 Å². The smallest absolute Gasteiger partial charge is 0.330 e. The highest BCUT2D eigenvalue weighted by molar-refractivity contribution is 5.82. The lowest BCUT2D eigenvalue weighted by Crippen LogP contribution is -2.22. The van der Waals surface area contributed by atoms with E-state index in [1.807, 2.05) is 26.8 Å². The molecule has 0 saturated heterocycles. The lowest BCUT2D eigenvalue weighted by atomic mass is 10.1. The number of carbonyl (C=O) groups excluding carboxylic acids is 1. The van der Waals surface area contributed by atoms with Gasteiger partial charge in [0.15, 0.2) is 0 Å². The van der Waals surface area contributed by atoms with Crippen molar-refractivity contribution in [3.63, 3.8) is 0 Å². The van der Waals surface area contributed by atoms with Gasteiger partial charge in [-0.25, -0.2) is 4.79 Å². The Morgan fingerprint density at radius 1 is 1.00 bits per heavy atom. The SMILES string of the molecule is CC(C)(C)OC(=O)/C=C/CCCCCCCCCO. The number of allylic oxidation sites excluding steroid dienone is 1. The topological polar surface area (TPSA) is 46.5 Å². The quantitative estimate of drug-likeness (QED) is 0.371. The summed E-state index contributed by atoms with van der Waals surface area (Å²) < 4.78 is 5.17. The van der Waals surface area contributed by atoms with Crippen LogP contribution in [-0.2, 0) is 9.53 Å². The van der Waals surface area contributed by atoms with Crippen LogP contribution in [0.1, 0.15) is 72.1 Å². The molecule has 0 aromatic rings. The number of aliphatic hydroxyl groups is 1. The summed E-state index contributed by atoms with van der Waals surface area (Å²) in [5.74, 6) is -0.253. The Balaban J connectivity index is 3.36. The van der Waals surface area contributed by atoms with Gasteiger partial charge in [-0.05, 0) is 40.0 Å². The third kappa shape index (κ3) is 15.1. The fourth-order valence-electron chi connectivity index (χ4n) is 1.77. The van der Waals surface area contributed by atoms with Gasteiger partial charge in [0.1, 0.15) is 5.60 Å². The van der Waals surface area contributed by atoms with E-state index >= 15 is 0 Å². The summed E-state index contributed by atoms with van der Waals surface area (Å²) in [7, 11) is 0. The summed E-state index contributed by atoms with van der Waals surface area (Å²) in [5.41, 5.74) is -0.407. The molecule has 0 amide bonds. The normalized spacial score (nSPS) is 12.0. The highest BCUT2D eigenvalue weighted by Gasteiger charge is 2.13. The van der Waals surface area contributed by atoms with E-state index in [2.05, 4.69) is 0 Å². The monoisotopic (exact) mass is 270 g/mol. The molecule has 0 aliphatic heterocycles. The summed E-state index contributed by atoms with van der Waals surface area (Å²) in [6.07, 6.45) is 12.5. The van der Waals surface area contributed by atoms with Crippen LogP contribution in [-0.4, -0.2) is 23.3 Å². The van der Waals surface area contributed by atoms with Crippen LogP contribution in [0.5, 0.6) is 0 Å². The molecular formula is C16H30O3. The Hall–Kier alpha value is -0.830. The number of esters is 1. The minimum absolute atomic E-state index is 0.253. The molecule has 0 aliphatic carbocycles. The molecule has 112 valence electrons. The predicted molar refractivity (Wildman–Crippen MR) is 79.0 cm³/mol. The highest BCUT2D eigenvalue weighted by atomic mass is 16.6. The minimum atomic E-state index is -0.407. The van der Waals surface area contributed by atoms with Gasteiger partial charge in [-0.3, -0.25) is 0 Å². The van der Waals surface area contributed by atoms with Crippen LogP contribution in [0.15, 0.2) is 12.2 Å². The number of hydrogen-bond donors (Lipinski definition) is 1. The maximum atomic E-state index is 11.4. The molecule has 1 N–H and O–H groups in total. The average Bonchev–Trinajstić information content (AvgIpc) is 2.29. The molecule has 19 heavy (non-hydrogen) atoms. The largest absolute Gasteiger partial charge is 0.457 e. The lowest BCUT2D eigenvalue weighted by molar-refractivity contribution is -0.148. The van der Waals surface area contributed by atoms with Gasteiger partial charge in [-0.1, -0.05) is 38.2 Å². The Labute approximate surface area is 118 Å². The molecule has 3 heteroatoms. The molecule has 0 fully saturated rings. The standard InChI is InChI=1S/C16H30O3/c1-16(2,3)19-15(18)13-11-9-7-5-4-6-8-10-12-14-17/h11,13,17H,4-10,12,14H2,1-3H3/b13-11+. The number of rotatable bonds is 10. The molecule has 0 aromatic heterocycles. The summed E-state index contributed by atoms with van der Waals surface area (Å²) >= 11 is 0. The van der Waals surface area contributed by atoms with Crippen molar-refractivity contribution >= 4 is 5.97 Å². The summed E-state index contributed by atoms with van der Waals surface area (Å²) in [4.78, 5) is 11.4. The Morgan fingerprint density at radius 2 is 1.53 bits per heavy atom. The van der Waals surface area contributed by atoms with Gasteiger partial charge in [-0.15, -0.1) is 0 Å². The van der Waals surface area contributed by atoms with Crippen molar-refractivity contribution < 1.29 is 14.6 Å². The van der Waals surface area contributed by atoms with E-state index in [9.17, 15) is 4.79 Å². The van der Waals surface area contributed by atoms with Crippen molar-refractivity contribution in [1.82, 2.24) is 0 Å². The zero-order chi connectivity index (χ0) is 14.6. The zero-order valence-corrected chi connectivity index (χ0v) is 12.8. The summed E-state index contributed by atoms with van der Waals surface area (Å²) in [5, 5.41) is 8.64. The number of unbranched alkanes of at least 4 members (excludes halogenated alkanes) is 7. The zero-order valence-electron chi connectivity index (χ0n) is 12.8. The van der Waals surface area contributed by atoms with Gasteiger partial charge in [0.2, 0.25) is 0 Å². The summed E-state index contributed by atoms with van der Waals surface area (Å²) in [6.45, 7) is 5.93. The molecule has 0 spiro atoms. The Kier molecular flexibility index (Phi) is 10.6. The number of hydrogen-bond acceptors (Lipinski definition) is 3. The van der Waals surface area contributed by atoms with Crippen LogP contribution in [0.25, 0.3) is 0 Å². The minimum Gasteiger partial charge on any atom is -0.457 e. The second kappa shape index (κ2) is 11.0. The fourth-order valence-corrected chi connectivity index (χ4v) is 1.77. The van der Waals surface area contributed by atoms with Crippen molar-refractivity contribution in [1.29, 1.82) is 0 Å². The predicted octanol–water partition coefficient (Wildman–Crippen LogP) is 4.00. The van der Waals surface area contributed by atoms with Gasteiger partial charge in [0.05, 0.1) is 0 Å². The van der Waals surface area contributed by atoms with E-state index in [4.69, 9.17) is 9.84 Å². The third-order valence-corrected chi connectivity index (χ3v) is 2.69. The van der Waals surface area contributed by atoms with Crippen molar-refractivity contribution in [3.05, 3.63) is 12.2 Å². The van der Waals surface area contributed by atoms with Gasteiger partial charge < -0.3 is 9.84 Å². The maximum absolute atomic E-state index is 11.4. The third-order valence-electron chi connectivity index (χ3n) is 2.69. The molecule has 0 heterocycles. The van der Waals surface area contributed by atoms with Crippen LogP contribution in [0, 0.1) is 0 Å². The first-order chi connectivity index (χ1) is 8.95.